The van der Waals surface area contributed by atoms with Crippen molar-refractivity contribution in [1.82, 2.24) is 0 Å². The second-order valence-corrected chi connectivity index (χ2v) is 8.11. The van der Waals surface area contributed by atoms with E-state index >= 15 is 0 Å². The van der Waals surface area contributed by atoms with E-state index in [9.17, 15) is 0 Å². The molecule has 0 heterocycles. The predicted molar refractivity (Wildman–Crippen MR) is 127 cm³/mol. The standard InChI is InChI=1S/C28H36O2/c1-3-5-7-8-22-30-28-19-15-26(16-20-28)24-11-9-23(10-12-24)25-13-17-27(18-14-25)29-21-6-4-2/h3,5,7-14,17-18,26,28H,4,6,15-16,19-22H2,1-2H3/b5-3+,8-7+. The molecule has 0 atom stereocenters. The molecule has 0 unspecified atom stereocenters. The molecule has 2 heteroatoms. The van der Waals surface area contributed by atoms with E-state index in [0.717, 1.165) is 44.6 Å². The van der Waals surface area contributed by atoms with Crippen LogP contribution >= 0.6 is 0 Å². The summed E-state index contributed by atoms with van der Waals surface area (Å²) in [7, 11) is 0. The van der Waals surface area contributed by atoms with Crippen molar-refractivity contribution in [2.24, 2.45) is 0 Å². The first-order chi connectivity index (χ1) is 14.8. The number of rotatable bonds is 10. The third kappa shape index (κ3) is 6.88. The Morgan fingerprint density at radius 3 is 2.17 bits per heavy atom. The number of hydrogen-bond donors (Lipinski definition) is 0. The smallest absolute Gasteiger partial charge is 0.119 e. The van der Waals surface area contributed by atoms with Crippen LogP contribution < -0.4 is 4.74 Å². The molecule has 160 valence electrons. The lowest BCUT2D eigenvalue weighted by atomic mass is 9.82. The summed E-state index contributed by atoms with van der Waals surface area (Å²) < 4.78 is 11.8. The highest BCUT2D eigenvalue weighted by Gasteiger charge is 2.22. The summed E-state index contributed by atoms with van der Waals surface area (Å²) in [4.78, 5) is 0. The largest absolute Gasteiger partial charge is 0.494 e. The predicted octanol–water partition coefficient (Wildman–Crippen LogP) is 7.71. The zero-order chi connectivity index (χ0) is 21.0. The molecule has 3 rings (SSSR count). The topological polar surface area (TPSA) is 18.5 Å². The van der Waals surface area contributed by atoms with Crippen molar-refractivity contribution in [2.75, 3.05) is 13.2 Å². The van der Waals surface area contributed by atoms with E-state index in [1.807, 2.05) is 19.1 Å². The van der Waals surface area contributed by atoms with Gasteiger partial charge in [0.05, 0.1) is 19.3 Å². The van der Waals surface area contributed by atoms with Crippen LogP contribution in [0.25, 0.3) is 11.1 Å². The highest BCUT2D eigenvalue weighted by molar-refractivity contribution is 5.64. The monoisotopic (exact) mass is 404 g/mol. The van der Waals surface area contributed by atoms with Gasteiger partial charge in [0.25, 0.3) is 0 Å². The third-order valence-electron chi connectivity index (χ3n) is 5.88. The van der Waals surface area contributed by atoms with Crippen LogP contribution in [0.3, 0.4) is 0 Å². The Morgan fingerprint density at radius 1 is 0.867 bits per heavy atom. The van der Waals surface area contributed by atoms with Gasteiger partial charge in [-0.05, 0) is 73.8 Å². The van der Waals surface area contributed by atoms with Crippen LogP contribution in [0.5, 0.6) is 5.75 Å². The normalized spacial score (nSPS) is 19.5. The zero-order valence-electron chi connectivity index (χ0n) is 18.6. The second kappa shape index (κ2) is 12.4. The second-order valence-electron chi connectivity index (χ2n) is 8.11. The lowest BCUT2D eigenvalue weighted by Crippen LogP contribution is -2.20. The van der Waals surface area contributed by atoms with Crippen LogP contribution in [0.15, 0.2) is 72.8 Å². The van der Waals surface area contributed by atoms with Crippen LogP contribution in [-0.4, -0.2) is 19.3 Å². The van der Waals surface area contributed by atoms with E-state index in [4.69, 9.17) is 9.47 Å². The van der Waals surface area contributed by atoms with Crippen molar-refractivity contribution in [2.45, 2.75) is 64.4 Å². The summed E-state index contributed by atoms with van der Waals surface area (Å²) in [5, 5.41) is 0. The summed E-state index contributed by atoms with van der Waals surface area (Å²) in [6, 6.07) is 17.6. The summed E-state index contributed by atoms with van der Waals surface area (Å²) >= 11 is 0. The van der Waals surface area contributed by atoms with Gasteiger partial charge < -0.3 is 9.47 Å². The fraction of sp³-hybridized carbons (Fsp3) is 0.429. The lowest BCUT2D eigenvalue weighted by molar-refractivity contribution is 0.0422. The van der Waals surface area contributed by atoms with Crippen LogP contribution in [0.2, 0.25) is 0 Å². The molecule has 0 spiro atoms. The maximum absolute atomic E-state index is 6.00. The van der Waals surface area contributed by atoms with Crippen molar-refractivity contribution in [1.29, 1.82) is 0 Å². The van der Waals surface area contributed by atoms with Crippen LogP contribution in [-0.2, 0) is 4.74 Å². The molecule has 2 aromatic rings. The molecule has 30 heavy (non-hydrogen) atoms. The fourth-order valence-electron chi connectivity index (χ4n) is 4.03. The third-order valence-corrected chi connectivity index (χ3v) is 5.88. The molecule has 2 aromatic carbocycles. The van der Waals surface area contributed by atoms with E-state index in [2.05, 4.69) is 67.6 Å². The Bertz CT molecular complexity index is 778. The van der Waals surface area contributed by atoms with Gasteiger partial charge >= 0.3 is 0 Å². The van der Waals surface area contributed by atoms with Gasteiger partial charge in [0.15, 0.2) is 0 Å². The number of hydrogen-bond acceptors (Lipinski definition) is 2. The summed E-state index contributed by atoms with van der Waals surface area (Å²) in [5.41, 5.74) is 3.97. The maximum Gasteiger partial charge on any atom is 0.119 e. The number of ether oxygens (including phenoxy) is 2. The van der Waals surface area contributed by atoms with Crippen molar-refractivity contribution >= 4 is 0 Å². The van der Waals surface area contributed by atoms with Gasteiger partial charge in [-0.2, -0.15) is 0 Å². The molecular formula is C28H36O2. The molecule has 1 saturated carbocycles. The quantitative estimate of drug-likeness (QED) is 0.298. The highest BCUT2D eigenvalue weighted by Crippen LogP contribution is 2.35. The molecule has 1 fully saturated rings. The van der Waals surface area contributed by atoms with Gasteiger partial charge in [-0.1, -0.05) is 74.0 Å². The minimum atomic E-state index is 0.411. The molecule has 0 saturated heterocycles. The maximum atomic E-state index is 6.00. The van der Waals surface area contributed by atoms with Gasteiger partial charge in [0.2, 0.25) is 0 Å². The van der Waals surface area contributed by atoms with E-state index in [1.165, 1.54) is 29.5 Å². The molecular weight excluding hydrogens is 368 g/mol. The molecule has 0 amide bonds. The van der Waals surface area contributed by atoms with Crippen molar-refractivity contribution < 1.29 is 9.47 Å². The van der Waals surface area contributed by atoms with Crippen molar-refractivity contribution in [3.05, 3.63) is 78.4 Å². The van der Waals surface area contributed by atoms with Gasteiger partial charge in [-0.15, -0.1) is 0 Å². The summed E-state index contributed by atoms with van der Waals surface area (Å²) in [6.45, 7) is 5.72. The van der Waals surface area contributed by atoms with Crippen molar-refractivity contribution in [3.63, 3.8) is 0 Å². The zero-order valence-corrected chi connectivity index (χ0v) is 18.6. The van der Waals surface area contributed by atoms with Gasteiger partial charge in [-0.3, -0.25) is 0 Å². The Morgan fingerprint density at radius 2 is 1.53 bits per heavy atom. The average molecular weight is 405 g/mol. The lowest BCUT2D eigenvalue weighted by Gasteiger charge is -2.28. The minimum absolute atomic E-state index is 0.411. The highest BCUT2D eigenvalue weighted by atomic mass is 16.5. The molecule has 0 bridgehead atoms. The molecule has 2 nitrogen and oxygen atoms in total. The van der Waals surface area contributed by atoms with Crippen LogP contribution in [0, 0.1) is 0 Å². The Hall–Kier alpha value is -2.32. The number of allylic oxidation sites excluding steroid dienone is 3. The molecule has 1 aliphatic rings. The van der Waals surface area contributed by atoms with E-state index in [-0.39, 0.29) is 0 Å². The van der Waals surface area contributed by atoms with E-state index < -0.39 is 0 Å². The Balaban J connectivity index is 1.48. The first-order valence-corrected chi connectivity index (χ1v) is 11.5. The summed E-state index contributed by atoms with van der Waals surface area (Å²) in [5.74, 6) is 1.62. The van der Waals surface area contributed by atoms with E-state index in [0.29, 0.717) is 12.0 Å². The summed E-state index contributed by atoms with van der Waals surface area (Å²) in [6.07, 6.45) is 15.6. The number of benzene rings is 2. The number of unbranched alkanes of at least 4 members (excludes halogenated alkanes) is 1. The first-order valence-electron chi connectivity index (χ1n) is 11.5. The molecule has 0 aliphatic heterocycles. The Labute approximate surface area is 182 Å². The first kappa shape index (κ1) is 22.4. The molecule has 0 aromatic heterocycles. The van der Waals surface area contributed by atoms with Crippen LogP contribution in [0.1, 0.15) is 63.9 Å². The van der Waals surface area contributed by atoms with Gasteiger partial charge in [0.1, 0.15) is 5.75 Å². The molecule has 0 radical (unpaired) electrons. The van der Waals surface area contributed by atoms with Crippen molar-refractivity contribution in [3.8, 4) is 16.9 Å². The average Bonchev–Trinajstić information content (AvgIpc) is 2.80. The minimum Gasteiger partial charge on any atom is -0.494 e. The SMILES string of the molecule is C/C=C/C=C/COC1CCC(c2ccc(-c3ccc(OCCCC)cc3)cc2)CC1. The van der Waals surface area contributed by atoms with Gasteiger partial charge in [-0.25, -0.2) is 0 Å². The van der Waals surface area contributed by atoms with Crippen LogP contribution in [0.4, 0.5) is 0 Å². The molecule has 0 N–H and O–H groups in total. The fourth-order valence-corrected chi connectivity index (χ4v) is 4.03. The van der Waals surface area contributed by atoms with Gasteiger partial charge in [0, 0.05) is 0 Å². The Kier molecular flexibility index (Phi) is 9.24. The van der Waals surface area contributed by atoms with E-state index in [1.54, 1.807) is 0 Å². The molecule has 1 aliphatic carbocycles.